The first-order valence-electron chi connectivity index (χ1n) is 6.42. The Kier molecular flexibility index (Phi) is 4.68. The second-order valence-electron chi connectivity index (χ2n) is 4.15. The van der Waals surface area contributed by atoms with E-state index in [1.54, 1.807) is 32.4 Å². The number of nitrogens with one attached hydrogen (secondary N) is 2. The molecule has 10 heteroatoms. The summed E-state index contributed by atoms with van der Waals surface area (Å²) >= 11 is 0. The molecule has 2 N–H and O–H groups in total. The molecule has 0 unspecified atom stereocenters. The van der Waals surface area contributed by atoms with E-state index >= 15 is 0 Å². The van der Waals surface area contributed by atoms with Gasteiger partial charge in [0.2, 0.25) is 11.9 Å². The summed E-state index contributed by atoms with van der Waals surface area (Å²) in [6, 6.07) is 1.75. The fourth-order valence-electron chi connectivity index (χ4n) is 1.51. The molecule has 0 saturated carbocycles. The van der Waals surface area contributed by atoms with E-state index in [4.69, 9.17) is 0 Å². The van der Waals surface area contributed by atoms with E-state index in [9.17, 15) is 8.42 Å². The normalized spacial score (nSPS) is 11.3. The van der Waals surface area contributed by atoms with Crippen LogP contribution in [0, 0.1) is 0 Å². The van der Waals surface area contributed by atoms with Crippen LogP contribution in [-0.2, 0) is 9.84 Å². The quantitative estimate of drug-likeness (QED) is 0.731. The van der Waals surface area contributed by atoms with Crippen LogP contribution in [0.15, 0.2) is 18.5 Å². The van der Waals surface area contributed by atoms with E-state index in [1.165, 1.54) is 4.68 Å². The van der Waals surface area contributed by atoms with Gasteiger partial charge < -0.3 is 10.6 Å². The van der Waals surface area contributed by atoms with E-state index in [2.05, 4.69) is 30.7 Å². The van der Waals surface area contributed by atoms with Gasteiger partial charge in [0.05, 0.1) is 5.75 Å². The van der Waals surface area contributed by atoms with Gasteiger partial charge in [0.25, 0.3) is 5.95 Å². The maximum Gasteiger partial charge on any atom is 0.257 e. The minimum absolute atomic E-state index is 0.0289. The highest BCUT2D eigenvalue weighted by Gasteiger charge is 2.10. The SMILES string of the molecule is CCS(=O)(=O)CCNc1nc(NC)nc(-n2cccn2)n1. The molecule has 2 aromatic rings. The summed E-state index contributed by atoms with van der Waals surface area (Å²) in [5.41, 5.74) is 0. The first kappa shape index (κ1) is 15.2. The van der Waals surface area contributed by atoms with Crippen molar-refractivity contribution < 1.29 is 8.42 Å². The highest BCUT2D eigenvalue weighted by Crippen LogP contribution is 2.08. The summed E-state index contributed by atoms with van der Waals surface area (Å²) in [5.74, 6) is 1.16. The zero-order valence-electron chi connectivity index (χ0n) is 11.8. The molecule has 0 aliphatic rings. The zero-order valence-corrected chi connectivity index (χ0v) is 12.6. The minimum atomic E-state index is -3.03. The topological polar surface area (TPSA) is 115 Å². The van der Waals surface area contributed by atoms with E-state index < -0.39 is 9.84 Å². The molecule has 2 rings (SSSR count). The van der Waals surface area contributed by atoms with Crippen molar-refractivity contribution in [3.63, 3.8) is 0 Å². The van der Waals surface area contributed by atoms with Crippen LogP contribution >= 0.6 is 0 Å². The highest BCUT2D eigenvalue weighted by atomic mass is 32.2. The van der Waals surface area contributed by atoms with Crippen LogP contribution in [0.25, 0.3) is 5.95 Å². The second kappa shape index (κ2) is 6.48. The van der Waals surface area contributed by atoms with Crippen molar-refractivity contribution in [1.82, 2.24) is 24.7 Å². The fourth-order valence-corrected chi connectivity index (χ4v) is 2.21. The van der Waals surface area contributed by atoms with Gasteiger partial charge in [-0.2, -0.15) is 20.1 Å². The van der Waals surface area contributed by atoms with Gasteiger partial charge in [-0.3, -0.25) is 0 Å². The van der Waals surface area contributed by atoms with Crippen LogP contribution in [0.2, 0.25) is 0 Å². The molecule has 2 heterocycles. The van der Waals surface area contributed by atoms with Gasteiger partial charge in [0.1, 0.15) is 0 Å². The number of nitrogens with zero attached hydrogens (tertiary/aromatic N) is 5. The third-order valence-corrected chi connectivity index (χ3v) is 4.40. The Bertz CT molecular complexity index is 685. The van der Waals surface area contributed by atoms with Crippen molar-refractivity contribution in [1.29, 1.82) is 0 Å². The summed E-state index contributed by atoms with van der Waals surface area (Å²) in [4.78, 5) is 12.5. The summed E-state index contributed by atoms with van der Waals surface area (Å²) < 4.78 is 24.4. The molecule has 0 bridgehead atoms. The Balaban J connectivity index is 2.14. The molecule has 0 aliphatic heterocycles. The van der Waals surface area contributed by atoms with Crippen molar-refractivity contribution in [2.45, 2.75) is 6.92 Å². The number of hydrogen-bond acceptors (Lipinski definition) is 8. The van der Waals surface area contributed by atoms with E-state index in [0.29, 0.717) is 17.8 Å². The van der Waals surface area contributed by atoms with Gasteiger partial charge in [0, 0.05) is 31.7 Å². The first-order valence-corrected chi connectivity index (χ1v) is 8.24. The predicted molar refractivity (Wildman–Crippen MR) is 79.3 cm³/mol. The summed E-state index contributed by atoms with van der Waals surface area (Å²) in [6.45, 7) is 1.86. The molecule has 0 aliphatic carbocycles. The molecule has 114 valence electrons. The molecular formula is C11H17N7O2S. The van der Waals surface area contributed by atoms with Gasteiger partial charge in [0.15, 0.2) is 9.84 Å². The second-order valence-corrected chi connectivity index (χ2v) is 6.62. The molecule has 0 fully saturated rings. The zero-order chi connectivity index (χ0) is 15.3. The molecule has 0 radical (unpaired) electrons. The third-order valence-electron chi connectivity index (χ3n) is 2.69. The van der Waals surface area contributed by atoms with E-state index in [1.807, 2.05) is 0 Å². The van der Waals surface area contributed by atoms with Gasteiger partial charge in [-0.05, 0) is 6.07 Å². The van der Waals surface area contributed by atoms with Gasteiger partial charge in [-0.25, -0.2) is 13.1 Å². The monoisotopic (exact) mass is 311 g/mol. The largest absolute Gasteiger partial charge is 0.357 e. The van der Waals surface area contributed by atoms with Crippen molar-refractivity contribution in [2.24, 2.45) is 0 Å². The van der Waals surface area contributed by atoms with Crippen LogP contribution in [0.1, 0.15) is 6.92 Å². The number of hydrogen-bond donors (Lipinski definition) is 2. The lowest BCUT2D eigenvalue weighted by atomic mass is 10.7. The standard InChI is InChI=1S/C11H17N7O2S/c1-3-21(19,20)8-6-13-10-15-9(12-2)16-11(17-10)18-7-4-5-14-18/h4-5,7H,3,6,8H2,1-2H3,(H2,12,13,15,16,17). The first-order chi connectivity index (χ1) is 10.0. The van der Waals surface area contributed by atoms with Crippen molar-refractivity contribution >= 4 is 21.7 Å². The molecule has 0 saturated heterocycles. The lowest BCUT2D eigenvalue weighted by Crippen LogP contribution is -2.19. The van der Waals surface area contributed by atoms with Crippen LogP contribution in [0.5, 0.6) is 0 Å². The van der Waals surface area contributed by atoms with Gasteiger partial charge in [-0.1, -0.05) is 6.92 Å². The Labute approximate surface area is 122 Å². The van der Waals surface area contributed by atoms with Crippen LogP contribution in [0.3, 0.4) is 0 Å². The van der Waals surface area contributed by atoms with Crippen LogP contribution in [-0.4, -0.2) is 58.2 Å². The maximum absolute atomic E-state index is 11.4. The van der Waals surface area contributed by atoms with E-state index in [-0.39, 0.29) is 18.1 Å². The summed E-state index contributed by atoms with van der Waals surface area (Å²) in [6.07, 6.45) is 3.32. The fraction of sp³-hybridized carbons (Fsp3) is 0.455. The molecule has 9 nitrogen and oxygen atoms in total. The molecule has 0 spiro atoms. The van der Waals surface area contributed by atoms with Gasteiger partial charge in [-0.15, -0.1) is 0 Å². The third kappa shape index (κ3) is 4.12. The predicted octanol–water partition coefficient (Wildman–Crippen LogP) is -0.0544. The summed E-state index contributed by atoms with van der Waals surface area (Å²) in [5, 5.41) is 9.76. The average Bonchev–Trinajstić information content (AvgIpc) is 3.01. The number of aromatic nitrogens is 5. The molecule has 2 aromatic heterocycles. The van der Waals surface area contributed by atoms with Crippen molar-refractivity contribution in [3.05, 3.63) is 18.5 Å². The maximum atomic E-state index is 11.4. The van der Waals surface area contributed by atoms with Crippen molar-refractivity contribution in [2.75, 3.05) is 35.7 Å². The van der Waals surface area contributed by atoms with Crippen molar-refractivity contribution in [3.8, 4) is 5.95 Å². The number of rotatable bonds is 7. The highest BCUT2D eigenvalue weighted by molar-refractivity contribution is 7.91. The summed E-state index contributed by atoms with van der Waals surface area (Å²) in [7, 11) is -1.34. The Hall–Kier alpha value is -2.23. The molecule has 0 atom stereocenters. The Morgan fingerprint density at radius 1 is 1.24 bits per heavy atom. The number of sulfone groups is 1. The minimum Gasteiger partial charge on any atom is -0.357 e. The molecular weight excluding hydrogens is 294 g/mol. The average molecular weight is 311 g/mol. The Morgan fingerprint density at radius 2 is 2.00 bits per heavy atom. The lowest BCUT2D eigenvalue weighted by Gasteiger charge is -2.08. The smallest absolute Gasteiger partial charge is 0.257 e. The van der Waals surface area contributed by atoms with E-state index in [0.717, 1.165) is 0 Å². The Morgan fingerprint density at radius 3 is 2.62 bits per heavy atom. The molecule has 0 aromatic carbocycles. The lowest BCUT2D eigenvalue weighted by molar-refractivity contribution is 0.597. The van der Waals surface area contributed by atoms with Crippen LogP contribution in [0.4, 0.5) is 11.9 Å². The molecule has 0 amide bonds. The van der Waals surface area contributed by atoms with Crippen LogP contribution < -0.4 is 10.6 Å². The molecule has 21 heavy (non-hydrogen) atoms. The van der Waals surface area contributed by atoms with Gasteiger partial charge >= 0.3 is 0 Å². The number of anilines is 2.